The first-order chi connectivity index (χ1) is 15.9. The summed E-state index contributed by atoms with van der Waals surface area (Å²) < 4.78 is 5.06. The molecule has 1 aromatic carbocycles. The maximum Gasteiger partial charge on any atom is 0.409 e. The molecule has 2 heterocycles. The fourth-order valence-corrected chi connectivity index (χ4v) is 6.08. The third kappa shape index (κ3) is 5.91. The molecule has 3 amide bonds. The van der Waals surface area contributed by atoms with E-state index in [2.05, 4.69) is 10.6 Å². The molecule has 8 heteroatoms. The first-order valence-corrected chi connectivity index (χ1v) is 12.8. The average molecular weight is 472 g/mol. The van der Waals surface area contributed by atoms with Crippen molar-refractivity contribution in [1.29, 1.82) is 0 Å². The number of nitrogens with one attached hydrogen (secondary N) is 2. The second-order valence-corrected chi connectivity index (χ2v) is 10.4. The van der Waals surface area contributed by atoms with Gasteiger partial charge < -0.3 is 20.3 Å². The molecule has 3 unspecified atom stereocenters. The molecule has 3 atom stereocenters. The van der Waals surface area contributed by atoms with Crippen molar-refractivity contribution in [2.45, 2.75) is 63.3 Å². The number of amides is 3. The van der Waals surface area contributed by atoms with Crippen LogP contribution in [0.3, 0.4) is 0 Å². The van der Waals surface area contributed by atoms with Gasteiger partial charge in [0.25, 0.3) is 5.91 Å². The summed E-state index contributed by atoms with van der Waals surface area (Å²) in [7, 11) is 0. The summed E-state index contributed by atoms with van der Waals surface area (Å²) >= 11 is 1.65. The third-order valence-electron chi connectivity index (χ3n) is 6.72. The number of nitrogens with zero attached hydrogens (tertiary/aromatic N) is 1. The highest BCUT2D eigenvalue weighted by molar-refractivity contribution is 8.04. The highest BCUT2D eigenvalue weighted by Gasteiger charge is 2.40. The van der Waals surface area contributed by atoms with E-state index < -0.39 is 0 Å². The summed E-state index contributed by atoms with van der Waals surface area (Å²) in [6.07, 6.45) is 5.56. The quantitative estimate of drug-likeness (QED) is 0.657. The minimum Gasteiger partial charge on any atom is -0.450 e. The predicted molar refractivity (Wildman–Crippen MR) is 130 cm³/mol. The summed E-state index contributed by atoms with van der Waals surface area (Å²) in [5.41, 5.74) is 2.22. The van der Waals surface area contributed by atoms with E-state index in [1.165, 1.54) is 5.56 Å². The van der Waals surface area contributed by atoms with Gasteiger partial charge in [0.05, 0.1) is 11.5 Å². The largest absolute Gasteiger partial charge is 0.450 e. The lowest BCUT2D eigenvalue weighted by molar-refractivity contribution is -0.128. The maximum absolute atomic E-state index is 12.9. The molecular weight excluding hydrogens is 438 g/mol. The van der Waals surface area contributed by atoms with Gasteiger partial charge in [-0.1, -0.05) is 29.8 Å². The zero-order valence-electron chi connectivity index (χ0n) is 19.3. The van der Waals surface area contributed by atoms with Gasteiger partial charge in [-0.15, -0.1) is 11.8 Å². The molecule has 33 heavy (non-hydrogen) atoms. The zero-order valence-corrected chi connectivity index (χ0v) is 20.2. The molecule has 0 bridgehead atoms. The van der Waals surface area contributed by atoms with Gasteiger partial charge in [-0.05, 0) is 57.6 Å². The Bertz CT molecular complexity index is 909. The van der Waals surface area contributed by atoms with Gasteiger partial charge in [0.1, 0.15) is 0 Å². The van der Waals surface area contributed by atoms with E-state index in [1.54, 1.807) is 23.6 Å². The molecule has 2 N–H and O–H groups in total. The van der Waals surface area contributed by atoms with Crippen LogP contribution in [0.4, 0.5) is 4.79 Å². The molecule has 1 aromatic rings. The Hall–Kier alpha value is -2.48. The number of ether oxygens (including phenoxy) is 1. The second kappa shape index (κ2) is 10.6. The van der Waals surface area contributed by atoms with Crippen molar-refractivity contribution < 1.29 is 19.1 Å². The number of hydrogen-bond acceptors (Lipinski definition) is 5. The van der Waals surface area contributed by atoms with E-state index in [-0.39, 0.29) is 35.9 Å². The van der Waals surface area contributed by atoms with Crippen LogP contribution in [-0.2, 0) is 14.3 Å². The standard InChI is InChI=1S/C25H33N3O4S/c1-3-32-25(31)28-12-10-19(11-13-28)26-23(29)18-8-9-21-20(15-18)27-24(30)22(33-21)14-17-6-4-16(2)5-7-17/h4-7,14,18-21H,3,8-13,15H2,1-2H3,(H,26,29)(H,27,30)/b22-14+. The summed E-state index contributed by atoms with van der Waals surface area (Å²) in [5, 5.41) is 6.64. The van der Waals surface area contributed by atoms with Crippen molar-refractivity contribution in [2.24, 2.45) is 5.92 Å². The minimum absolute atomic E-state index is 0.0211. The van der Waals surface area contributed by atoms with Gasteiger partial charge in [0, 0.05) is 36.3 Å². The molecule has 0 aromatic heterocycles. The molecule has 0 spiro atoms. The summed E-state index contributed by atoms with van der Waals surface area (Å²) in [6, 6.07) is 8.26. The van der Waals surface area contributed by atoms with Crippen molar-refractivity contribution in [3.05, 3.63) is 40.3 Å². The highest BCUT2D eigenvalue weighted by atomic mass is 32.2. The summed E-state index contributed by atoms with van der Waals surface area (Å²) in [5.74, 6) is -0.0598. The van der Waals surface area contributed by atoms with Crippen molar-refractivity contribution in [3.8, 4) is 0 Å². The van der Waals surface area contributed by atoms with Crippen molar-refractivity contribution in [3.63, 3.8) is 0 Å². The normalized spacial score (nSPS) is 27.0. The Morgan fingerprint density at radius 1 is 1.18 bits per heavy atom. The molecule has 1 saturated carbocycles. The molecule has 2 aliphatic heterocycles. The van der Waals surface area contributed by atoms with Crippen LogP contribution < -0.4 is 10.6 Å². The second-order valence-electron chi connectivity index (χ2n) is 9.13. The molecule has 4 rings (SSSR count). The monoisotopic (exact) mass is 471 g/mol. The molecule has 0 radical (unpaired) electrons. The van der Waals surface area contributed by atoms with Crippen molar-refractivity contribution >= 4 is 35.7 Å². The maximum atomic E-state index is 12.9. The summed E-state index contributed by atoms with van der Waals surface area (Å²) in [4.78, 5) is 39.9. The van der Waals surface area contributed by atoms with E-state index in [0.29, 0.717) is 31.4 Å². The predicted octanol–water partition coefficient (Wildman–Crippen LogP) is 3.47. The van der Waals surface area contributed by atoms with Gasteiger partial charge >= 0.3 is 6.09 Å². The van der Waals surface area contributed by atoms with E-state index in [9.17, 15) is 14.4 Å². The van der Waals surface area contributed by atoms with Crippen LogP contribution >= 0.6 is 11.8 Å². The van der Waals surface area contributed by atoms with Gasteiger partial charge in [0.2, 0.25) is 5.91 Å². The minimum atomic E-state index is -0.276. The lowest BCUT2D eigenvalue weighted by atomic mass is 9.84. The number of thioether (sulfide) groups is 1. The highest BCUT2D eigenvalue weighted by Crippen LogP contribution is 2.40. The van der Waals surface area contributed by atoms with E-state index in [1.807, 2.05) is 37.3 Å². The zero-order chi connectivity index (χ0) is 23.4. The average Bonchev–Trinajstić information content (AvgIpc) is 2.81. The van der Waals surface area contributed by atoms with Crippen LogP contribution in [0, 0.1) is 12.8 Å². The Morgan fingerprint density at radius 3 is 2.61 bits per heavy atom. The fourth-order valence-electron chi connectivity index (χ4n) is 4.78. The Kier molecular flexibility index (Phi) is 7.63. The number of benzene rings is 1. The lowest BCUT2D eigenvalue weighted by Gasteiger charge is -2.40. The van der Waals surface area contributed by atoms with E-state index in [0.717, 1.165) is 36.2 Å². The number of carbonyl (C=O) groups excluding carboxylic acids is 3. The molecule has 7 nitrogen and oxygen atoms in total. The number of aryl methyl sites for hydroxylation is 1. The first kappa shape index (κ1) is 23.7. The molecule has 178 valence electrons. The van der Waals surface area contributed by atoms with E-state index in [4.69, 9.17) is 4.74 Å². The van der Waals surface area contributed by atoms with Gasteiger partial charge in [0.15, 0.2) is 0 Å². The van der Waals surface area contributed by atoms with Crippen LogP contribution in [0.2, 0.25) is 0 Å². The van der Waals surface area contributed by atoms with Gasteiger partial charge in [-0.3, -0.25) is 9.59 Å². The Labute approximate surface area is 199 Å². The number of likely N-dealkylation sites (tertiary alicyclic amines) is 1. The number of rotatable bonds is 4. The van der Waals surface area contributed by atoms with Crippen LogP contribution in [0.1, 0.15) is 50.2 Å². The molecule has 3 fully saturated rings. The van der Waals surface area contributed by atoms with Crippen molar-refractivity contribution in [1.82, 2.24) is 15.5 Å². The van der Waals surface area contributed by atoms with Gasteiger partial charge in [-0.2, -0.15) is 0 Å². The van der Waals surface area contributed by atoms with Crippen LogP contribution in [0.15, 0.2) is 29.2 Å². The summed E-state index contributed by atoms with van der Waals surface area (Å²) in [6.45, 7) is 5.42. The van der Waals surface area contributed by atoms with Gasteiger partial charge in [-0.25, -0.2) is 4.79 Å². The SMILES string of the molecule is CCOC(=O)N1CCC(NC(=O)C2CCC3S/C(=C/c4ccc(C)cc4)C(=O)NC3C2)CC1. The lowest BCUT2D eigenvalue weighted by Crippen LogP contribution is -2.53. The molecular formula is C25H33N3O4S. The number of hydrogen-bond donors (Lipinski definition) is 2. The molecule has 2 saturated heterocycles. The first-order valence-electron chi connectivity index (χ1n) is 11.9. The molecule has 3 aliphatic rings. The smallest absolute Gasteiger partial charge is 0.409 e. The van der Waals surface area contributed by atoms with Crippen molar-refractivity contribution in [2.75, 3.05) is 19.7 Å². The number of fused-ring (bicyclic) bond motifs is 1. The fraction of sp³-hybridized carbons (Fsp3) is 0.560. The van der Waals surface area contributed by atoms with Crippen LogP contribution in [-0.4, -0.2) is 59.8 Å². The third-order valence-corrected chi connectivity index (χ3v) is 8.14. The molecule has 1 aliphatic carbocycles. The Balaban J connectivity index is 1.27. The van der Waals surface area contributed by atoms with Crippen LogP contribution in [0.5, 0.6) is 0 Å². The topological polar surface area (TPSA) is 87.7 Å². The van der Waals surface area contributed by atoms with Crippen LogP contribution in [0.25, 0.3) is 6.08 Å². The number of piperidine rings is 1. The number of carbonyl (C=O) groups is 3. The van der Waals surface area contributed by atoms with E-state index >= 15 is 0 Å². The Morgan fingerprint density at radius 2 is 1.91 bits per heavy atom.